The third-order valence-electron chi connectivity index (χ3n) is 4.62. The fraction of sp³-hybridized carbons (Fsp3) is 0. The van der Waals surface area contributed by atoms with Crippen LogP contribution in [0.5, 0.6) is 0 Å². The number of hydrogen-bond donors (Lipinski definition) is 1. The number of H-pyrrole nitrogens is 1. The Labute approximate surface area is 173 Å². The second-order valence-corrected chi connectivity index (χ2v) is 7.51. The molecule has 5 aromatic rings. The van der Waals surface area contributed by atoms with Crippen molar-refractivity contribution >= 4 is 33.7 Å². The molecule has 0 spiro atoms. The van der Waals surface area contributed by atoms with E-state index in [1.807, 2.05) is 6.07 Å². The topological polar surface area (TPSA) is 80.6 Å². The van der Waals surface area contributed by atoms with Crippen molar-refractivity contribution in [3.63, 3.8) is 0 Å². The maximum absolute atomic E-state index is 14.6. The van der Waals surface area contributed by atoms with Crippen molar-refractivity contribution in [1.29, 1.82) is 0 Å². The Morgan fingerprint density at radius 1 is 0.933 bits per heavy atom. The number of aromatic amines is 1. The minimum Gasteiger partial charge on any atom is -0.307 e. The van der Waals surface area contributed by atoms with Gasteiger partial charge in [0.25, 0.3) is 11.1 Å². The van der Waals surface area contributed by atoms with Crippen LogP contribution in [0.2, 0.25) is 0 Å². The van der Waals surface area contributed by atoms with Crippen LogP contribution in [0.3, 0.4) is 0 Å². The van der Waals surface area contributed by atoms with Crippen LogP contribution in [0, 0.1) is 5.82 Å². The highest BCUT2D eigenvalue weighted by Gasteiger charge is 2.18. The molecule has 5 rings (SSSR count). The molecule has 0 atom stereocenters. The van der Waals surface area contributed by atoms with Crippen LogP contribution in [0.25, 0.3) is 27.6 Å². The van der Waals surface area contributed by atoms with Crippen molar-refractivity contribution in [3.8, 4) is 5.69 Å². The van der Waals surface area contributed by atoms with Crippen LogP contribution in [-0.2, 0) is 0 Å². The minimum atomic E-state index is -0.545. The lowest BCUT2D eigenvalue weighted by atomic mass is 10.2. The van der Waals surface area contributed by atoms with Gasteiger partial charge >= 0.3 is 0 Å². The summed E-state index contributed by atoms with van der Waals surface area (Å²) in [5.41, 5.74) is 0.290. The van der Waals surface area contributed by atoms with E-state index in [0.29, 0.717) is 26.8 Å². The van der Waals surface area contributed by atoms with Crippen molar-refractivity contribution in [2.24, 2.45) is 0 Å². The molecule has 6 nitrogen and oxygen atoms in total. The number of para-hydroxylation sites is 2. The van der Waals surface area contributed by atoms with E-state index in [1.54, 1.807) is 48.7 Å². The highest BCUT2D eigenvalue weighted by molar-refractivity contribution is 7.99. The summed E-state index contributed by atoms with van der Waals surface area (Å²) in [7, 11) is 0. The molecule has 0 aliphatic heterocycles. The Hall–Kier alpha value is -3.78. The summed E-state index contributed by atoms with van der Waals surface area (Å²) in [6.07, 6.45) is 1.58. The highest BCUT2D eigenvalue weighted by Crippen LogP contribution is 2.32. The van der Waals surface area contributed by atoms with Gasteiger partial charge < -0.3 is 4.98 Å². The van der Waals surface area contributed by atoms with Gasteiger partial charge in [-0.3, -0.25) is 14.2 Å². The molecule has 0 aliphatic carbocycles. The predicted molar refractivity (Wildman–Crippen MR) is 114 cm³/mol. The first-order valence-electron chi connectivity index (χ1n) is 9.04. The fourth-order valence-corrected chi connectivity index (χ4v) is 4.32. The zero-order chi connectivity index (χ0) is 20.7. The summed E-state index contributed by atoms with van der Waals surface area (Å²) in [5, 5.41) is 1.33. The molecule has 0 aliphatic rings. The third-order valence-corrected chi connectivity index (χ3v) is 5.63. The molecule has 0 saturated carbocycles. The molecular formula is C22H13FN4O2S. The second-order valence-electron chi connectivity index (χ2n) is 6.50. The lowest BCUT2D eigenvalue weighted by Gasteiger charge is -2.14. The number of hydrogen-bond acceptors (Lipinski definition) is 5. The lowest BCUT2D eigenvalue weighted by Crippen LogP contribution is -2.22. The predicted octanol–water partition coefficient (Wildman–Crippen LogP) is 3.91. The number of halogens is 1. The Bertz CT molecular complexity index is 1540. The first-order valence-corrected chi connectivity index (χ1v) is 9.86. The summed E-state index contributed by atoms with van der Waals surface area (Å²) >= 11 is 1.12. The molecule has 3 heterocycles. The van der Waals surface area contributed by atoms with E-state index in [4.69, 9.17) is 0 Å². The van der Waals surface area contributed by atoms with Crippen molar-refractivity contribution < 1.29 is 4.39 Å². The fourth-order valence-electron chi connectivity index (χ4n) is 3.26. The molecule has 1 N–H and O–H groups in total. The number of fused-ring (bicyclic) bond motifs is 2. The van der Waals surface area contributed by atoms with Crippen LogP contribution in [0.4, 0.5) is 4.39 Å². The van der Waals surface area contributed by atoms with Gasteiger partial charge in [0.2, 0.25) is 0 Å². The Balaban J connectivity index is 1.82. The van der Waals surface area contributed by atoms with Gasteiger partial charge in [0.15, 0.2) is 5.16 Å². The zero-order valence-corrected chi connectivity index (χ0v) is 16.2. The van der Waals surface area contributed by atoms with Crippen molar-refractivity contribution in [2.45, 2.75) is 10.1 Å². The molecule has 0 radical (unpaired) electrons. The second kappa shape index (κ2) is 7.23. The van der Waals surface area contributed by atoms with Crippen molar-refractivity contribution in [1.82, 2.24) is 19.5 Å². The number of nitrogens with zero attached hydrogens (tertiary/aromatic N) is 3. The Morgan fingerprint density at radius 2 is 1.70 bits per heavy atom. The molecule has 0 unspecified atom stereocenters. The average molecular weight is 416 g/mol. The van der Waals surface area contributed by atoms with Crippen LogP contribution in [0.1, 0.15) is 0 Å². The normalized spacial score (nSPS) is 11.2. The molecule has 3 aromatic heterocycles. The van der Waals surface area contributed by atoms with Gasteiger partial charge in [-0.15, -0.1) is 0 Å². The van der Waals surface area contributed by atoms with Crippen LogP contribution >= 0.6 is 11.8 Å². The SMILES string of the molecule is O=c1cc(Sc2nc3ccccc3c(=O)n2-c2ccccc2F)c2cccnc2[nH]1. The van der Waals surface area contributed by atoms with Gasteiger partial charge in [-0.2, -0.15) is 0 Å². The summed E-state index contributed by atoms with van der Waals surface area (Å²) in [6, 6.07) is 17.9. The minimum absolute atomic E-state index is 0.0931. The van der Waals surface area contributed by atoms with Gasteiger partial charge in [0.1, 0.15) is 11.5 Å². The van der Waals surface area contributed by atoms with E-state index in [9.17, 15) is 14.0 Å². The monoisotopic (exact) mass is 416 g/mol. The number of rotatable bonds is 3. The third kappa shape index (κ3) is 3.07. The quantitative estimate of drug-likeness (QED) is 0.451. The van der Waals surface area contributed by atoms with E-state index >= 15 is 0 Å². The van der Waals surface area contributed by atoms with E-state index in [2.05, 4.69) is 15.0 Å². The molecule has 0 saturated heterocycles. The lowest BCUT2D eigenvalue weighted by molar-refractivity contribution is 0.608. The number of nitrogens with one attached hydrogen (secondary N) is 1. The number of aromatic nitrogens is 4. The first kappa shape index (κ1) is 18.3. The number of pyridine rings is 2. The van der Waals surface area contributed by atoms with E-state index in [-0.39, 0.29) is 22.0 Å². The van der Waals surface area contributed by atoms with Crippen LogP contribution in [0.15, 0.2) is 92.6 Å². The van der Waals surface area contributed by atoms with Gasteiger partial charge in [-0.05, 0) is 36.4 Å². The number of benzene rings is 2. The molecule has 0 bridgehead atoms. The van der Waals surface area contributed by atoms with Gasteiger partial charge in [-0.25, -0.2) is 14.4 Å². The molecule has 146 valence electrons. The first-order chi connectivity index (χ1) is 14.6. The molecule has 8 heteroatoms. The largest absolute Gasteiger partial charge is 0.307 e. The highest BCUT2D eigenvalue weighted by atomic mass is 32.2. The molecule has 2 aromatic carbocycles. The Morgan fingerprint density at radius 3 is 2.57 bits per heavy atom. The molecule has 30 heavy (non-hydrogen) atoms. The van der Waals surface area contributed by atoms with Gasteiger partial charge in [-0.1, -0.05) is 36.0 Å². The maximum atomic E-state index is 14.6. The standard InChI is InChI=1S/C22H13FN4O2S/c23-15-8-2-4-10-17(15)27-21(29)13-6-1-3-9-16(13)25-22(27)30-18-12-19(28)26-20-14(18)7-5-11-24-20/h1-12H,(H,24,26,28). The molecular weight excluding hydrogens is 403 g/mol. The average Bonchev–Trinajstić information content (AvgIpc) is 2.75. The summed E-state index contributed by atoms with van der Waals surface area (Å²) in [6.45, 7) is 0. The summed E-state index contributed by atoms with van der Waals surface area (Å²) in [4.78, 5) is 37.5. The smallest absolute Gasteiger partial charge is 0.266 e. The summed E-state index contributed by atoms with van der Waals surface area (Å²) < 4.78 is 15.9. The molecule has 0 fully saturated rings. The van der Waals surface area contributed by atoms with Crippen molar-refractivity contribution in [3.05, 3.63) is 99.5 Å². The maximum Gasteiger partial charge on any atom is 0.266 e. The molecule has 0 amide bonds. The van der Waals surface area contributed by atoms with Gasteiger partial charge in [0, 0.05) is 22.5 Å². The van der Waals surface area contributed by atoms with Crippen molar-refractivity contribution in [2.75, 3.05) is 0 Å². The van der Waals surface area contributed by atoms with Crippen LogP contribution < -0.4 is 11.1 Å². The van der Waals surface area contributed by atoms with E-state index in [1.165, 1.54) is 22.8 Å². The zero-order valence-electron chi connectivity index (χ0n) is 15.4. The van der Waals surface area contributed by atoms with Gasteiger partial charge in [0.05, 0.1) is 16.6 Å². The van der Waals surface area contributed by atoms with E-state index in [0.717, 1.165) is 11.8 Å². The van der Waals surface area contributed by atoms with Crippen LogP contribution in [-0.4, -0.2) is 19.5 Å². The Kier molecular flexibility index (Phi) is 4.40. The summed E-state index contributed by atoms with van der Waals surface area (Å²) in [5.74, 6) is -0.545. The van der Waals surface area contributed by atoms with E-state index < -0.39 is 5.82 Å².